The molecule has 144 valence electrons. The molecular formula is C19H28FN3O3. The fourth-order valence-corrected chi connectivity index (χ4v) is 3.56. The molecule has 6 nitrogen and oxygen atoms in total. The topological polar surface area (TPSA) is 61.9 Å². The highest BCUT2D eigenvalue weighted by Crippen LogP contribution is 2.27. The molecule has 1 aliphatic heterocycles. The van der Waals surface area contributed by atoms with Crippen LogP contribution in [0.25, 0.3) is 0 Å². The van der Waals surface area contributed by atoms with E-state index in [-0.39, 0.29) is 29.7 Å². The largest absolute Gasteiger partial charge is 0.496 e. The van der Waals surface area contributed by atoms with E-state index in [0.717, 1.165) is 0 Å². The van der Waals surface area contributed by atoms with Crippen molar-refractivity contribution in [1.29, 1.82) is 0 Å². The molecule has 1 aliphatic rings. The summed E-state index contributed by atoms with van der Waals surface area (Å²) in [5.41, 5.74) is 0.688. The minimum Gasteiger partial charge on any atom is -0.496 e. The Labute approximate surface area is 154 Å². The van der Waals surface area contributed by atoms with Gasteiger partial charge >= 0.3 is 0 Å². The molecule has 0 bridgehead atoms. The second-order valence-electron chi connectivity index (χ2n) is 6.55. The first-order valence-electron chi connectivity index (χ1n) is 9.01. The van der Waals surface area contributed by atoms with Crippen molar-refractivity contribution in [3.63, 3.8) is 0 Å². The lowest BCUT2D eigenvalue weighted by molar-refractivity contribution is -0.135. The molecule has 1 saturated heterocycles. The third-order valence-electron chi connectivity index (χ3n) is 4.79. The van der Waals surface area contributed by atoms with E-state index >= 15 is 0 Å². The van der Waals surface area contributed by atoms with Gasteiger partial charge in [-0.1, -0.05) is 0 Å². The minimum atomic E-state index is -0.347. The Morgan fingerprint density at radius 1 is 1.35 bits per heavy atom. The zero-order valence-electron chi connectivity index (χ0n) is 15.9. The quantitative estimate of drug-likeness (QED) is 0.800. The number of rotatable bonds is 7. The average molecular weight is 365 g/mol. The van der Waals surface area contributed by atoms with Gasteiger partial charge in [0, 0.05) is 44.7 Å². The number of amides is 2. The molecule has 0 aromatic heterocycles. The summed E-state index contributed by atoms with van der Waals surface area (Å²) in [6.07, 6.45) is 0.548. The Morgan fingerprint density at radius 3 is 2.62 bits per heavy atom. The van der Waals surface area contributed by atoms with E-state index < -0.39 is 0 Å². The lowest BCUT2D eigenvalue weighted by atomic mass is 10.1. The zero-order chi connectivity index (χ0) is 19.3. The minimum absolute atomic E-state index is 0.0400. The molecule has 1 heterocycles. The first-order valence-corrected chi connectivity index (χ1v) is 9.01. The highest BCUT2D eigenvalue weighted by molar-refractivity contribution is 5.82. The number of nitrogens with one attached hydrogen (secondary N) is 1. The van der Waals surface area contributed by atoms with Gasteiger partial charge in [0.15, 0.2) is 0 Å². The van der Waals surface area contributed by atoms with Gasteiger partial charge in [-0.15, -0.1) is 0 Å². The van der Waals surface area contributed by atoms with Crippen LogP contribution in [0.5, 0.6) is 5.75 Å². The lowest BCUT2D eigenvalue weighted by Crippen LogP contribution is -2.45. The van der Waals surface area contributed by atoms with Crippen molar-refractivity contribution in [1.82, 2.24) is 15.1 Å². The van der Waals surface area contributed by atoms with Crippen molar-refractivity contribution in [3.8, 4) is 5.75 Å². The maximum absolute atomic E-state index is 13.7. The SMILES string of the molecule is CCN(CC)C(=O)[C@@H]1C[C@H](NC(C)=O)CN1Cc1cc(F)ccc1OC. The van der Waals surface area contributed by atoms with Crippen LogP contribution >= 0.6 is 0 Å². The van der Waals surface area contributed by atoms with Crippen LogP contribution in [0.1, 0.15) is 32.8 Å². The average Bonchev–Trinajstić information content (AvgIpc) is 2.97. The van der Waals surface area contributed by atoms with Gasteiger partial charge in [-0.25, -0.2) is 4.39 Å². The molecule has 1 aromatic carbocycles. The van der Waals surface area contributed by atoms with Crippen LogP contribution in [0.4, 0.5) is 4.39 Å². The van der Waals surface area contributed by atoms with Gasteiger partial charge in [0.05, 0.1) is 13.2 Å². The molecular weight excluding hydrogens is 337 g/mol. The second kappa shape index (κ2) is 8.98. The third-order valence-corrected chi connectivity index (χ3v) is 4.79. The van der Waals surface area contributed by atoms with Crippen molar-refractivity contribution >= 4 is 11.8 Å². The van der Waals surface area contributed by atoms with E-state index in [1.54, 1.807) is 18.1 Å². The molecule has 26 heavy (non-hydrogen) atoms. The number of benzene rings is 1. The summed E-state index contributed by atoms with van der Waals surface area (Å²) >= 11 is 0. The Kier molecular flexibility index (Phi) is 6.97. The number of ether oxygens (including phenoxy) is 1. The third kappa shape index (κ3) is 4.72. The summed E-state index contributed by atoms with van der Waals surface area (Å²) in [5.74, 6) is 0.167. The summed E-state index contributed by atoms with van der Waals surface area (Å²) in [5, 5.41) is 2.90. The number of methoxy groups -OCH3 is 1. The van der Waals surface area contributed by atoms with E-state index in [4.69, 9.17) is 4.74 Å². The summed E-state index contributed by atoms with van der Waals surface area (Å²) < 4.78 is 19.0. The van der Waals surface area contributed by atoms with Crippen LogP contribution in [0, 0.1) is 5.82 Å². The molecule has 2 amide bonds. The summed E-state index contributed by atoms with van der Waals surface area (Å²) in [6.45, 7) is 7.55. The van der Waals surface area contributed by atoms with E-state index in [1.165, 1.54) is 19.1 Å². The smallest absolute Gasteiger partial charge is 0.240 e. The fraction of sp³-hybridized carbons (Fsp3) is 0.579. The Balaban J connectivity index is 2.25. The molecule has 0 unspecified atom stereocenters. The van der Waals surface area contributed by atoms with Gasteiger partial charge in [0.25, 0.3) is 0 Å². The molecule has 2 atom stereocenters. The number of likely N-dealkylation sites (N-methyl/N-ethyl adjacent to an activating group) is 1. The van der Waals surface area contributed by atoms with Crippen LogP contribution in [0.3, 0.4) is 0 Å². The summed E-state index contributed by atoms with van der Waals surface area (Å²) in [6, 6.07) is 3.93. The van der Waals surface area contributed by atoms with E-state index in [1.807, 2.05) is 18.7 Å². The van der Waals surface area contributed by atoms with Crippen LogP contribution < -0.4 is 10.1 Å². The number of carbonyl (C=O) groups excluding carboxylic acids is 2. The zero-order valence-corrected chi connectivity index (χ0v) is 15.9. The fourth-order valence-electron chi connectivity index (χ4n) is 3.56. The first kappa shape index (κ1) is 20.2. The molecule has 0 aliphatic carbocycles. The second-order valence-corrected chi connectivity index (χ2v) is 6.55. The van der Waals surface area contributed by atoms with Gasteiger partial charge in [0.1, 0.15) is 11.6 Å². The van der Waals surface area contributed by atoms with Gasteiger partial charge < -0.3 is 15.0 Å². The van der Waals surface area contributed by atoms with Crippen molar-refractivity contribution in [2.75, 3.05) is 26.7 Å². The Bertz CT molecular complexity index is 649. The number of hydrogen-bond acceptors (Lipinski definition) is 4. The number of carbonyl (C=O) groups is 2. The maximum Gasteiger partial charge on any atom is 0.240 e. The normalized spacial score (nSPS) is 20.0. The van der Waals surface area contributed by atoms with Crippen molar-refractivity contribution in [2.45, 2.75) is 45.8 Å². The predicted octanol–water partition coefficient (Wildman–Crippen LogP) is 1.78. The highest BCUT2D eigenvalue weighted by atomic mass is 19.1. The van der Waals surface area contributed by atoms with Crippen molar-refractivity contribution < 1.29 is 18.7 Å². The molecule has 1 fully saturated rings. The van der Waals surface area contributed by atoms with Gasteiger partial charge in [-0.05, 0) is 38.5 Å². The Hall–Kier alpha value is -2.15. The number of hydrogen-bond donors (Lipinski definition) is 1. The number of likely N-dealkylation sites (tertiary alicyclic amines) is 1. The number of nitrogens with zero attached hydrogens (tertiary/aromatic N) is 2. The molecule has 0 radical (unpaired) electrons. The Morgan fingerprint density at radius 2 is 2.04 bits per heavy atom. The van der Waals surface area contributed by atoms with E-state index in [9.17, 15) is 14.0 Å². The van der Waals surface area contributed by atoms with Crippen molar-refractivity contribution in [3.05, 3.63) is 29.6 Å². The van der Waals surface area contributed by atoms with Crippen LogP contribution in [-0.2, 0) is 16.1 Å². The predicted molar refractivity (Wildman–Crippen MR) is 97.3 cm³/mol. The van der Waals surface area contributed by atoms with E-state index in [0.29, 0.717) is 43.9 Å². The highest BCUT2D eigenvalue weighted by Gasteiger charge is 2.38. The standard InChI is InChI=1S/C19H28FN3O3/c1-5-22(6-2)19(25)17-10-16(21-13(3)24)12-23(17)11-14-9-15(20)7-8-18(14)26-4/h7-9,16-17H,5-6,10-12H2,1-4H3,(H,21,24)/t16-,17-/m0/s1. The van der Waals surface area contributed by atoms with Crippen LogP contribution in [0.2, 0.25) is 0 Å². The van der Waals surface area contributed by atoms with Crippen molar-refractivity contribution in [2.24, 2.45) is 0 Å². The molecule has 1 N–H and O–H groups in total. The molecule has 0 saturated carbocycles. The van der Waals surface area contributed by atoms with Gasteiger partial charge in [-0.2, -0.15) is 0 Å². The van der Waals surface area contributed by atoms with Gasteiger partial charge in [-0.3, -0.25) is 14.5 Å². The first-order chi connectivity index (χ1) is 12.4. The van der Waals surface area contributed by atoms with Crippen LogP contribution in [-0.4, -0.2) is 60.4 Å². The molecule has 2 rings (SSSR count). The molecule has 7 heteroatoms. The summed E-state index contributed by atoms with van der Waals surface area (Å²) in [4.78, 5) is 28.2. The monoisotopic (exact) mass is 365 g/mol. The maximum atomic E-state index is 13.7. The van der Waals surface area contributed by atoms with Crippen LogP contribution in [0.15, 0.2) is 18.2 Å². The van der Waals surface area contributed by atoms with E-state index in [2.05, 4.69) is 5.32 Å². The summed E-state index contributed by atoms with van der Waals surface area (Å²) in [7, 11) is 1.54. The number of halogens is 1. The lowest BCUT2D eigenvalue weighted by Gasteiger charge is -2.29. The van der Waals surface area contributed by atoms with Gasteiger partial charge in [0.2, 0.25) is 11.8 Å². The molecule has 1 aromatic rings. The molecule has 0 spiro atoms.